The minimum atomic E-state index is -0.0657. The average Bonchev–Trinajstić information content (AvgIpc) is 3.04. The standard InChI is InChI=1S/C15H21N3O2S/c1-5-18(4)9-8-16-14(19)13-11(3)17-15(21-13)12-7-6-10(2)20-12/h6-7H,5,8-9H2,1-4H3,(H,16,19). The molecular formula is C15H21N3O2S. The van der Waals surface area contributed by atoms with Crippen molar-refractivity contribution in [3.8, 4) is 10.8 Å². The van der Waals surface area contributed by atoms with Crippen LogP contribution in [0.3, 0.4) is 0 Å². The molecule has 21 heavy (non-hydrogen) atoms. The average molecular weight is 307 g/mol. The van der Waals surface area contributed by atoms with Crippen molar-refractivity contribution in [3.63, 3.8) is 0 Å². The Morgan fingerprint density at radius 1 is 1.43 bits per heavy atom. The summed E-state index contributed by atoms with van der Waals surface area (Å²) in [7, 11) is 2.03. The maximum absolute atomic E-state index is 12.2. The Bertz CT molecular complexity index is 618. The molecule has 2 aromatic heterocycles. The van der Waals surface area contributed by atoms with E-state index >= 15 is 0 Å². The van der Waals surface area contributed by atoms with Crippen molar-refractivity contribution in [2.24, 2.45) is 0 Å². The zero-order valence-electron chi connectivity index (χ0n) is 12.9. The third-order valence-corrected chi connectivity index (χ3v) is 4.44. The largest absolute Gasteiger partial charge is 0.459 e. The van der Waals surface area contributed by atoms with Crippen LogP contribution in [-0.4, -0.2) is 42.5 Å². The van der Waals surface area contributed by atoms with Gasteiger partial charge in [-0.25, -0.2) is 4.98 Å². The smallest absolute Gasteiger partial charge is 0.263 e. The Hall–Kier alpha value is -1.66. The van der Waals surface area contributed by atoms with Crippen molar-refractivity contribution in [1.29, 1.82) is 0 Å². The maximum atomic E-state index is 12.2. The second-order valence-electron chi connectivity index (χ2n) is 5.00. The molecule has 0 radical (unpaired) electrons. The van der Waals surface area contributed by atoms with E-state index in [1.165, 1.54) is 11.3 Å². The number of nitrogens with zero attached hydrogens (tertiary/aromatic N) is 2. The van der Waals surface area contributed by atoms with Gasteiger partial charge < -0.3 is 14.6 Å². The number of hydrogen-bond acceptors (Lipinski definition) is 5. The number of furan rings is 1. The van der Waals surface area contributed by atoms with E-state index in [0.717, 1.165) is 29.6 Å². The predicted octanol–water partition coefficient (Wildman–Crippen LogP) is 2.70. The number of aryl methyl sites for hydroxylation is 2. The highest BCUT2D eigenvalue weighted by atomic mass is 32.1. The number of aromatic nitrogens is 1. The molecule has 0 spiro atoms. The maximum Gasteiger partial charge on any atom is 0.263 e. The molecule has 1 N–H and O–H groups in total. The number of carbonyl (C=O) groups excluding carboxylic acids is 1. The molecule has 0 saturated heterocycles. The molecule has 6 heteroatoms. The third-order valence-electron chi connectivity index (χ3n) is 3.27. The summed E-state index contributed by atoms with van der Waals surface area (Å²) in [4.78, 5) is 19.4. The highest BCUT2D eigenvalue weighted by Crippen LogP contribution is 2.29. The number of hydrogen-bond donors (Lipinski definition) is 1. The number of amides is 1. The Balaban J connectivity index is 2.03. The first kappa shape index (κ1) is 15.7. The van der Waals surface area contributed by atoms with Gasteiger partial charge >= 0.3 is 0 Å². The van der Waals surface area contributed by atoms with Gasteiger partial charge in [0.1, 0.15) is 10.6 Å². The minimum absolute atomic E-state index is 0.0657. The Morgan fingerprint density at radius 3 is 2.81 bits per heavy atom. The summed E-state index contributed by atoms with van der Waals surface area (Å²) < 4.78 is 5.55. The summed E-state index contributed by atoms with van der Waals surface area (Å²) in [6, 6.07) is 3.78. The van der Waals surface area contributed by atoms with Gasteiger partial charge in [-0.05, 0) is 39.6 Å². The van der Waals surface area contributed by atoms with E-state index in [1.807, 2.05) is 33.0 Å². The number of rotatable bonds is 6. The van der Waals surface area contributed by atoms with Crippen LogP contribution in [0.15, 0.2) is 16.5 Å². The fourth-order valence-corrected chi connectivity index (χ4v) is 2.81. The first-order chi connectivity index (χ1) is 10.0. The van der Waals surface area contributed by atoms with E-state index in [4.69, 9.17) is 4.42 Å². The normalized spacial score (nSPS) is 11.1. The van der Waals surface area contributed by atoms with Gasteiger partial charge in [-0.3, -0.25) is 4.79 Å². The SMILES string of the molecule is CCN(C)CCNC(=O)c1sc(-c2ccc(C)o2)nc1C. The van der Waals surface area contributed by atoms with Crippen LogP contribution in [-0.2, 0) is 0 Å². The highest BCUT2D eigenvalue weighted by Gasteiger charge is 2.17. The second-order valence-corrected chi connectivity index (χ2v) is 5.99. The summed E-state index contributed by atoms with van der Waals surface area (Å²) in [5.41, 5.74) is 0.741. The summed E-state index contributed by atoms with van der Waals surface area (Å²) in [6.45, 7) is 8.27. The minimum Gasteiger partial charge on any atom is -0.459 e. The fourth-order valence-electron chi connectivity index (χ4n) is 1.86. The molecule has 2 rings (SSSR count). The predicted molar refractivity (Wildman–Crippen MR) is 84.8 cm³/mol. The van der Waals surface area contributed by atoms with Crippen molar-refractivity contribution in [2.45, 2.75) is 20.8 Å². The number of nitrogens with one attached hydrogen (secondary N) is 1. The quantitative estimate of drug-likeness (QED) is 0.891. The fraction of sp³-hybridized carbons (Fsp3) is 0.467. The van der Waals surface area contributed by atoms with Gasteiger partial charge in [0, 0.05) is 13.1 Å². The lowest BCUT2D eigenvalue weighted by molar-refractivity contribution is 0.0953. The van der Waals surface area contributed by atoms with Crippen LogP contribution in [0, 0.1) is 13.8 Å². The molecule has 0 aliphatic carbocycles. The molecule has 0 unspecified atom stereocenters. The van der Waals surface area contributed by atoms with Gasteiger partial charge in [0.2, 0.25) is 0 Å². The summed E-state index contributed by atoms with van der Waals surface area (Å²) >= 11 is 1.37. The van der Waals surface area contributed by atoms with E-state index in [9.17, 15) is 4.79 Å². The topological polar surface area (TPSA) is 58.4 Å². The van der Waals surface area contributed by atoms with Gasteiger partial charge in [0.05, 0.1) is 5.69 Å². The van der Waals surface area contributed by atoms with Crippen LogP contribution in [0.5, 0.6) is 0 Å². The first-order valence-corrected chi connectivity index (χ1v) is 7.84. The van der Waals surface area contributed by atoms with Gasteiger partial charge in [-0.1, -0.05) is 6.92 Å². The third kappa shape index (κ3) is 3.92. The van der Waals surface area contributed by atoms with Crippen LogP contribution < -0.4 is 5.32 Å². The van der Waals surface area contributed by atoms with E-state index in [2.05, 4.69) is 22.1 Å². The van der Waals surface area contributed by atoms with Crippen LogP contribution in [0.25, 0.3) is 10.8 Å². The van der Waals surface area contributed by atoms with Gasteiger partial charge in [-0.2, -0.15) is 0 Å². The van der Waals surface area contributed by atoms with Crippen LogP contribution in [0.1, 0.15) is 28.0 Å². The van der Waals surface area contributed by atoms with Crippen LogP contribution >= 0.6 is 11.3 Å². The molecule has 0 fully saturated rings. The van der Waals surface area contributed by atoms with Crippen LogP contribution in [0.2, 0.25) is 0 Å². The molecule has 0 aliphatic heterocycles. The van der Waals surface area contributed by atoms with E-state index in [-0.39, 0.29) is 5.91 Å². The second kappa shape index (κ2) is 6.87. The Morgan fingerprint density at radius 2 is 2.19 bits per heavy atom. The molecule has 5 nitrogen and oxygen atoms in total. The molecule has 0 aliphatic rings. The van der Waals surface area contributed by atoms with Gasteiger partial charge in [0.15, 0.2) is 10.8 Å². The summed E-state index contributed by atoms with van der Waals surface area (Å²) in [5, 5.41) is 3.68. The number of carbonyl (C=O) groups is 1. The molecule has 114 valence electrons. The lowest BCUT2D eigenvalue weighted by Gasteiger charge is -2.13. The molecule has 0 saturated carbocycles. The first-order valence-electron chi connectivity index (χ1n) is 7.02. The van der Waals surface area contributed by atoms with Crippen molar-refractivity contribution in [3.05, 3.63) is 28.5 Å². The van der Waals surface area contributed by atoms with E-state index in [1.54, 1.807) is 0 Å². The molecule has 0 aromatic carbocycles. The highest BCUT2D eigenvalue weighted by molar-refractivity contribution is 7.17. The van der Waals surface area contributed by atoms with Gasteiger partial charge in [0.25, 0.3) is 5.91 Å². The Labute approximate surface area is 129 Å². The zero-order chi connectivity index (χ0) is 15.4. The number of likely N-dealkylation sites (N-methyl/N-ethyl adjacent to an activating group) is 1. The van der Waals surface area contributed by atoms with Crippen molar-refractivity contribution < 1.29 is 9.21 Å². The zero-order valence-corrected chi connectivity index (χ0v) is 13.7. The number of thiazole rings is 1. The molecule has 2 aromatic rings. The molecule has 2 heterocycles. The van der Waals surface area contributed by atoms with Crippen molar-refractivity contribution in [1.82, 2.24) is 15.2 Å². The van der Waals surface area contributed by atoms with E-state index < -0.39 is 0 Å². The lowest BCUT2D eigenvalue weighted by Crippen LogP contribution is -2.32. The lowest BCUT2D eigenvalue weighted by atomic mass is 10.3. The van der Waals surface area contributed by atoms with Crippen molar-refractivity contribution >= 4 is 17.2 Å². The molecule has 0 bridgehead atoms. The monoisotopic (exact) mass is 307 g/mol. The van der Waals surface area contributed by atoms with Gasteiger partial charge in [-0.15, -0.1) is 11.3 Å². The van der Waals surface area contributed by atoms with E-state index in [0.29, 0.717) is 17.2 Å². The molecule has 1 amide bonds. The molecular weight excluding hydrogens is 286 g/mol. The summed E-state index contributed by atoms with van der Waals surface area (Å²) in [5.74, 6) is 1.49. The van der Waals surface area contributed by atoms with Crippen LogP contribution in [0.4, 0.5) is 0 Å². The molecule has 0 atom stereocenters. The summed E-state index contributed by atoms with van der Waals surface area (Å²) in [6.07, 6.45) is 0. The van der Waals surface area contributed by atoms with Crippen molar-refractivity contribution in [2.75, 3.05) is 26.7 Å². The Kier molecular flexibility index (Phi) is 5.14.